The van der Waals surface area contributed by atoms with Gasteiger partial charge >= 0.3 is 0 Å². The Labute approximate surface area is 242 Å². The summed E-state index contributed by atoms with van der Waals surface area (Å²) in [5.74, 6) is 1.80. The second-order valence-electron chi connectivity index (χ2n) is 10.4. The Morgan fingerprint density at radius 2 is 2.00 bits per heavy atom. The van der Waals surface area contributed by atoms with Crippen LogP contribution in [-0.2, 0) is 9.47 Å². The Kier molecular flexibility index (Phi) is 16.6. The van der Waals surface area contributed by atoms with Crippen molar-refractivity contribution < 1.29 is 14.6 Å². The Morgan fingerprint density at radius 1 is 1.26 bits per heavy atom. The number of methoxy groups -OCH3 is 1. The van der Waals surface area contributed by atoms with Crippen LogP contribution in [0.3, 0.4) is 0 Å². The largest absolute Gasteiger partial charge is 0.512 e. The molecule has 7 heteroatoms. The molecule has 39 heavy (non-hydrogen) atoms. The van der Waals surface area contributed by atoms with Crippen LogP contribution in [0.4, 0.5) is 0 Å². The van der Waals surface area contributed by atoms with E-state index in [2.05, 4.69) is 43.7 Å². The van der Waals surface area contributed by atoms with Gasteiger partial charge in [-0.1, -0.05) is 46.8 Å². The van der Waals surface area contributed by atoms with Crippen LogP contribution in [0.1, 0.15) is 68.2 Å². The summed E-state index contributed by atoms with van der Waals surface area (Å²) < 4.78 is 11.9. The molecule has 0 amide bonds. The molecule has 0 bridgehead atoms. The molecule has 0 radical (unpaired) electrons. The van der Waals surface area contributed by atoms with Crippen LogP contribution in [-0.4, -0.2) is 67.6 Å². The predicted molar refractivity (Wildman–Crippen MR) is 171 cm³/mol. The second kappa shape index (κ2) is 18.7. The highest BCUT2D eigenvalue weighted by atomic mass is 32.2. The smallest absolute Gasteiger partial charge is 0.163 e. The van der Waals surface area contributed by atoms with E-state index in [0.29, 0.717) is 31.1 Å². The lowest BCUT2D eigenvalue weighted by Crippen LogP contribution is -2.28. The summed E-state index contributed by atoms with van der Waals surface area (Å²) in [5, 5.41) is 10.3. The molecule has 6 nitrogen and oxygen atoms in total. The van der Waals surface area contributed by atoms with Gasteiger partial charge in [0.05, 0.1) is 25.1 Å². The Bertz CT molecular complexity index is 995. The number of thioether (sulfide) groups is 1. The molecule has 218 valence electrons. The minimum absolute atomic E-state index is 0.144. The summed E-state index contributed by atoms with van der Waals surface area (Å²) >= 11 is 1.72. The van der Waals surface area contributed by atoms with Gasteiger partial charge in [0.15, 0.2) is 11.5 Å². The van der Waals surface area contributed by atoms with Gasteiger partial charge in [0, 0.05) is 47.0 Å². The van der Waals surface area contributed by atoms with Crippen LogP contribution in [0.5, 0.6) is 0 Å². The Hall–Kier alpha value is -2.51. The molecule has 1 N–H and O–H groups in total. The molecule has 1 aliphatic heterocycles. The Morgan fingerprint density at radius 3 is 2.62 bits per heavy atom. The molecule has 1 heterocycles. The topological polar surface area (TPSA) is 66.7 Å². The van der Waals surface area contributed by atoms with Gasteiger partial charge in [-0.3, -0.25) is 9.98 Å². The molecule has 1 atom stereocenters. The zero-order valence-electron chi connectivity index (χ0n) is 25.7. The fraction of sp³-hybridized carbons (Fsp3) is 0.562. The van der Waals surface area contributed by atoms with E-state index in [9.17, 15) is 5.11 Å². The minimum atomic E-state index is -0.275. The van der Waals surface area contributed by atoms with Gasteiger partial charge in [0.1, 0.15) is 6.61 Å². The van der Waals surface area contributed by atoms with Crippen LogP contribution in [0.2, 0.25) is 0 Å². The highest BCUT2D eigenvalue weighted by Gasteiger charge is 2.17. The van der Waals surface area contributed by atoms with Gasteiger partial charge in [-0.2, -0.15) is 0 Å². The van der Waals surface area contributed by atoms with Gasteiger partial charge in [-0.25, -0.2) is 0 Å². The second-order valence-corrected chi connectivity index (χ2v) is 11.8. The molecule has 0 saturated carbocycles. The zero-order chi connectivity index (χ0) is 29.3. The molecule has 0 aromatic rings. The highest BCUT2D eigenvalue weighted by Crippen LogP contribution is 2.30. The number of hydrogen-bond donors (Lipinski definition) is 1. The van der Waals surface area contributed by atoms with Crippen molar-refractivity contribution in [2.45, 2.75) is 73.5 Å². The maximum absolute atomic E-state index is 10.2. The average molecular weight is 558 g/mol. The number of aliphatic imine (C=N–C) groups is 2. The van der Waals surface area contributed by atoms with Gasteiger partial charge < -0.3 is 19.5 Å². The van der Waals surface area contributed by atoms with E-state index < -0.39 is 0 Å². The van der Waals surface area contributed by atoms with E-state index in [1.54, 1.807) is 24.9 Å². The van der Waals surface area contributed by atoms with Gasteiger partial charge in [-0.05, 0) is 64.1 Å². The van der Waals surface area contributed by atoms with Crippen LogP contribution >= 0.6 is 11.8 Å². The molecular formula is C32H51N3O3S. The summed E-state index contributed by atoms with van der Waals surface area (Å²) in [7, 11) is 1.68. The highest BCUT2D eigenvalue weighted by molar-refractivity contribution is 8.04. The molecule has 0 saturated heterocycles. The number of allylic oxidation sites excluding steroid dienone is 7. The van der Waals surface area contributed by atoms with Gasteiger partial charge in [0.25, 0.3) is 0 Å². The number of ether oxygens (including phenoxy) is 2. The van der Waals surface area contributed by atoms with Gasteiger partial charge in [0.2, 0.25) is 0 Å². The first-order chi connectivity index (χ1) is 18.6. The van der Waals surface area contributed by atoms with E-state index in [1.807, 2.05) is 64.4 Å². The van der Waals surface area contributed by atoms with Crippen LogP contribution in [0.15, 0.2) is 79.9 Å². The van der Waals surface area contributed by atoms with Crippen molar-refractivity contribution in [1.82, 2.24) is 4.90 Å². The third-order valence-electron chi connectivity index (χ3n) is 6.18. The quantitative estimate of drug-likeness (QED) is 0.125. The monoisotopic (exact) mass is 557 g/mol. The lowest BCUT2D eigenvalue weighted by atomic mass is 9.94. The van der Waals surface area contributed by atoms with Crippen molar-refractivity contribution in [3.8, 4) is 0 Å². The molecule has 0 aliphatic carbocycles. The van der Waals surface area contributed by atoms with Crippen LogP contribution < -0.4 is 0 Å². The van der Waals surface area contributed by atoms with Crippen molar-refractivity contribution >= 4 is 24.2 Å². The fourth-order valence-electron chi connectivity index (χ4n) is 3.58. The zero-order valence-corrected chi connectivity index (χ0v) is 26.5. The maximum Gasteiger partial charge on any atom is 0.163 e. The van der Waals surface area contributed by atoms with Crippen LogP contribution in [0.25, 0.3) is 0 Å². The molecule has 0 aromatic heterocycles. The predicted octanol–water partition coefficient (Wildman–Crippen LogP) is 8.04. The van der Waals surface area contributed by atoms with E-state index >= 15 is 0 Å². The van der Waals surface area contributed by atoms with Gasteiger partial charge in [-0.15, -0.1) is 11.8 Å². The fourth-order valence-corrected chi connectivity index (χ4v) is 4.58. The third kappa shape index (κ3) is 13.4. The summed E-state index contributed by atoms with van der Waals surface area (Å²) in [6, 6.07) is 0. The minimum Gasteiger partial charge on any atom is -0.512 e. The van der Waals surface area contributed by atoms with E-state index in [4.69, 9.17) is 14.5 Å². The number of aliphatic hydroxyl groups excluding tert-OH is 1. The standard InChI is InChI=1S/C32H51N3O3S/c1-10-13-15-27(24-33-19-17-31(36)32(6,7)8)39-26(5)25(4)28-23-30(29(37-9)16-14-18-34-28)38-22-21-35(12-3)20-11-2/h10,13,15-18,23-24,26,36H,11-12,14,19-22H2,1-9H3/b13-10-,27-15+,28-25-,29-16+,30-23+,31-17-,33-24-,34-18-. The summed E-state index contributed by atoms with van der Waals surface area (Å²) in [5.41, 5.74) is 1.75. The number of aliphatic hydroxyl groups is 1. The first-order valence-corrected chi connectivity index (χ1v) is 14.9. The first kappa shape index (κ1) is 34.5. The molecule has 0 spiro atoms. The molecule has 0 aromatic carbocycles. The van der Waals surface area contributed by atoms with Crippen molar-refractivity contribution in [2.75, 3.05) is 39.9 Å². The van der Waals surface area contributed by atoms with E-state index in [1.165, 1.54) is 0 Å². The van der Waals surface area contributed by atoms with Crippen molar-refractivity contribution in [3.05, 3.63) is 69.9 Å². The molecule has 1 rings (SSSR count). The normalized spacial score (nSPS) is 21.3. The molecule has 1 aliphatic rings. The number of hydrogen-bond acceptors (Lipinski definition) is 7. The summed E-state index contributed by atoms with van der Waals surface area (Å²) in [6.45, 7) is 20.6. The molecular weight excluding hydrogens is 506 g/mol. The number of nitrogens with zero attached hydrogens (tertiary/aromatic N) is 3. The summed E-state index contributed by atoms with van der Waals surface area (Å²) in [6.07, 6.45) is 17.4. The lowest BCUT2D eigenvalue weighted by Gasteiger charge is -2.21. The summed E-state index contributed by atoms with van der Waals surface area (Å²) in [4.78, 5) is 12.7. The average Bonchev–Trinajstić information content (AvgIpc) is 2.89. The lowest BCUT2D eigenvalue weighted by molar-refractivity contribution is 0.142. The van der Waals surface area contributed by atoms with E-state index in [0.717, 1.165) is 48.0 Å². The third-order valence-corrected chi connectivity index (χ3v) is 7.40. The van der Waals surface area contributed by atoms with Crippen LogP contribution in [0, 0.1) is 5.41 Å². The van der Waals surface area contributed by atoms with E-state index in [-0.39, 0.29) is 10.7 Å². The Balaban J connectivity index is 3.15. The SMILES string of the molecule is C\C=C/C=C(\C=N/C/C=C(\O)C(C)(C)C)SC(C)/C(C)=C1/C=C(OCCN(CC)CCC)\C(OC)=C/C\C=N/1. The van der Waals surface area contributed by atoms with Crippen molar-refractivity contribution in [2.24, 2.45) is 15.4 Å². The maximum atomic E-state index is 10.2. The van der Waals surface area contributed by atoms with Crippen molar-refractivity contribution in [1.29, 1.82) is 0 Å². The number of likely N-dealkylation sites (N-methyl/N-ethyl adjacent to an activating group) is 1. The van der Waals surface area contributed by atoms with Crippen molar-refractivity contribution in [3.63, 3.8) is 0 Å². The molecule has 1 unspecified atom stereocenters. The first-order valence-electron chi connectivity index (χ1n) is 14.0. The molecule has 0 fully saturated rings. The number of rotatable bonds is 15.